The fraction of sp³-hybridized carbons (Fsp3) is 0.235. The maximum absolute atomic E-state index is 10.5. The lowest BCUT2D eigenvalue weighted by atomic mass is 10.2. The maximum atomic E-state index is 10.5. The van der Waals surface area contributed by atoms with Gasteiger partial charge in [0.25, 0.3) is 10.1 Å². The molecular formula is C17H21NO4S2. The molecule has 0 unspecified atom stereocenters. The van der Waals surface area contributed by atoms with Crippen molar-refractivity contribution < 1.29 is 17.8 Å². The van der Waals surface area contributed by atoms with Gasteiger partial charge in [0, 0.05) is 28.9 Å². The van der Waals surface area contributed by atoms with Crippen LogP contribution in [0.15, 0.2) is 53.4 Å². The summed E-state index contributed by atoms with van der Waals surface area (Å²) in [6.45, 7) is 1.99. The van der Waals surface area contributed by atoms with Crippen molar-refractivity contribution in [1.82, 2.24) is 0 Å². The third kappa shape index (κ3) is 8.71. The van der Waals surface area contributed by atoms with E-state index in [0.29, 0.717) is 5.75 Å². The molecule has 0 aliphatic heterocycles. The number of thioether (sulfide) groups is 1. The molecule has 0 aliphatic carbocycles. The van der Waals surface area contributed by atoms with Crippen LogP contribution in [0.1, 0.15) is 15.9 Å². The lowest BCUT2D eigenvalue weighted by Gasteiger charge is -2.02. The minimum atomic E-state index is -3.84. The van der Waals surface area contributed by atoms with E-state index in [4.69, 9.17) is 4.55 Å². The second-order valence-electron chi connectivity index (χ2n) is 4.94. The van der Waals surface area contributed by atoms with Crippen LogP contribution in [0, 0.1) is 6.92 Å². The van der Waals surface area contributed by atoms with Crippen LogP contribution in [0.25, 0.3) is 0 Å². The summed E-state index contributed by atoms with van der Waals surface area (Å²) < 4.78 is 29.4. The molecule has 0 aliphatic rings. The number of carbonyl (C=O) groups is 1. The predicted octanol–water partition coefficient (Wildman–Crippen LogP) is 3.52. The van der Waals surface area contributed by atoms with Crippen LogP contribution in [-0.2, 0) is 10.1 Å². The standard InChI is InChI=1S/C9H13NO3S2.C8H8O/c1-10-8-2-4-9(5-3-8)14-6-7-15(11,12)13;1-7-2-4-8(6-9)5-3-7/h2-5,10H,6-7H2,1H3,(H,11,12,13);2-6H,1H3. The zero-order valence-electron chi connectivity index (χ0n) is 13.6. The number of hydrogen-bond acceptors (Lipinski definition) is 5. The normalized spacial score (nSPS) is 10.5. The molecule has 0 spiro atoms. The topological polar surface area (TPSA) is 83.5 Å². The number of aldehydes is 1. The molecule has 0 amide bonds. The first-order chi connectivity index (χ1) is 11.3. The fourth-order valence-corrected chi connectivity index (χ4v) is 3.37. The van der Waals surface area contributed by atoms with Gasteiger partial charge in [-0.25, -0.2) is 0 Å². The van der Waals surface area contributed by atoms with E-state index in [0.717, 1.165) is 22.4 Å². The predicted molar refractivity (Wildman–Crippen MR) is 99.7 cm³/mol. The summed E-state index contributed by atoms with van der Waals surface area (Å²) in [6.07, 6.45) is 0.847. The molecule has 130 valence electrons. The third-order valence-electron chi connectivity index (χ3n) is 2.97. The summed E-state index contributed by atoms with van der Waals surface area (Å²) >= 11 is 1.40. The first kappa shape index (κ1) is 20.2. The summed E-state index contributed by atoms with van der Waals surface area (Å²) in [7, 11) is -2.01. The Bertz CT molecular complexity index is 726. The summed E-state index contributed by atoms with van der Waals surface area (Å²) in [4.78, 5) is 11.1. The number of rotatable bonds is 6. The minimum absolute atomic E-state index is 0.217. The number of nitrogens with one attached hydrogen (secondary N) is 1. The molecule has 0 aromatic heterocycles. The molecule has 0 heterocycles. The summed E-state index contributed by atoms with van der Waals surface area (Å²) in [6, 6.07) is 15.1. The summed E-state index contributed by atoms with van der Waals surface area (Å²) in [5, 5.41) is 2.99. The Hall–Kier alpha value is -1.83. The van der Waals surface area contributed by atoms with E-state index >= 15 is 0 Å². The van der Waals surface area contributed by atoms with Gasteiger partial charge in [-0.05, 0) is 31.2 Å². The van der Waals surface area contributed by atoms with Crippen molar-refractivity contribution >= 4 is 33.9 Å². The molecule has 0 radical (unpaired) electrons. The van der Waals surface area contributed by atoms with Crippen LogP contribution in [0.5, 0.6) is 0 Å². The molecule has 5 nitrogen and oxygen atoms in total. The van der Waals surface area contributed by atoms with Gasteiger partial charge in [-0.15, -0.1) is 11.8 Å². The minimum Gasteiger partial charge on any atom is -0.388 e. The number of hydrogen-bond donors (Lipinski definition) is 2. The maximum Gasteiger partial charge on any atom is 0.265 e. The van der Waals surface area contributed by atoms with Gasteiger partial charge in [0.15, 0.2) is 0 Å². The van der Waals surface area contributed by atoms with E-state index in [1.165, 1.54) is 17.3 Å². The Morgan fingerprint density at radius 2 is 1.67 bits per heavy atom. The smallest absolute Gasteiger partial charge is 0.265 e. The van der Waals surface area contributed by atoms with Gasteiger partial charge < -0.3 is 5.32 Å². The molecule has 0 fully saturated rings. The quantitative estimate of drug-likeness (QED) is 0.462. The van der Waals surface area contributed by atoms with Gasteiger partial charge in [-0.2, -0.15) is 8.42 Å². The summed E-state index contributed by atoms with van der Waals surface area (Å²) in [5.41, 5.74) is 2.93. The highest BCUT2D eigenvalue weighted by atomic mass is 32.2. The largest absolute Gasteiger partial charge is 0.388 e. The second-order valence-corrected chi connectivity index (χ2v) is 7.68. The molecule has 2 aromatic carbocycles. The lowest BCUT2D eigenvalue weighted by molar-refractivity contribution is 0.112. The molecule has 0 saturated carbocycles. The van der Waals surface area contributed by atoms with Gasteiger partial charge >= 0.3 is 0 Å². The highest BCUT2D eigenvalue weighted by molar-refractivity contribution is 8.00. The number of benzene rings is 2. The van der Waals surface area contributed by atoms with Crippen molar-refractivity contribution in [3.8, 4) is 0 Å². The van der Waals surface area contributed by atoms with Gasteiger partial charge in [-0.3, -0.25) is 9.35 Å². The first-order valence-corrected chi connectivity index (χ1v) is 9.81. The molecule has 2 rings (SSSR count). The van der Waals surface area contributed by atoms with Crippen LogP contribution in [0.2, 0.25) is 0 Å². The van der Waals surface area contributed by atoms with Crippen LogP contribution in [-0.4, -0.2) is 37.8 Å². The number of carbonyl (C=O) groups excluding carboxylic acids is 1. The van der Waals surface area contributed by atoms with E-state index in [1.54, 1.807) is 0 Å². The molecule has 2 aromatic rings. The highest BCUT2D eigenvalue weighted by Gasteiger charge is 2.04. The Morgan fingerprint density at radius 1 is 1.08 bits per heavy atom. The van der Waals surface area contributed by atoms with Crippen molar-refractivity contribution in [2.45, 2.75) is 11.8 Å². The Balaban J connectivity index is 0.000000272. The first-order valence-electron chi connectivity index (χ1n) is 7.21. The van der Waals surface area contributed by atoms with Gasteiger partial charge in [-0.1, -0.05) is 29.8 Å². The molecule has 0 atom stereocenters. The second kappa shape index (κ2) is 10.1. The Morgan fingerprint density at radius 3 is 2.12 bits per heavy atom. The van der Waals surface area contributed by atoms with Crippen molar-refractivity contribution in [3.63, 3.8) is 0 Å². The monoisotopic (exact) mass is 367 g/mol. The molecular weight excluding hydrogens is 346 g/mol. The summed E-state index contributed by atoms with van der Waals surface area (Å²) in [5.74, 6) is 0.142. The van der Waals surface area contributed by atoms with Crippen molar-refractivity contribution in [2.24, 2.45) is 0 Å². The average molecular weight is 367 g/mol. The third-order valence-corrected chi connectivity index (χ3v) is 4.96. The Kier molecular flexibility index (Phi) is 8.53. The van der Waals surface area contributed by atoms with Crippen LogP contribution in [0.4, 0.5) is 5.69 Å². The van der Waals surface area contributed by atoms with Crippen LogP contribution >= 0.6 is 11.8 Å². The van der Waals surface area contributed by atoms with E-state index in [1.807, 2.05) is 62.5 Å². The molecule has 0 bridgehead atoms. The van der Waals surface area contributed by atoms with Crippen molar-refractivity contribution in [1.29, 1.82) is 0 Å². The fourth-order valence-electron chi connectivity index (χ4n) is 1.63. The van der Waals surface area contributed by atoms with E-state index < -0.39 is 10.1 Å². The zero-order chi connectivity index (χ0) is 18.0. The van der Waals surface area contributed by atoms with E-state index in [2.05, 4.69) is 5.32 Å². The van der Waals surface area contributed by atoms with Crippen LogP contribution in [0.3, 0.4) is 0 Å². The van der Waals surface area contributed by atoms with Gasteiger partial charge in [0.2, 0.25) is 0 Å². The molecule has 24 heavy (non-hydrogen) atoms. The van der Waals surface area contributed by atoms with E-state index in [9.17, 15) is 13.2 Å². The van der Waals surface area contributed by atoms with Gasteiger partial charge in [0.05, 0.1) is 5.75 Å². The van der Waals surface area contributed by atoms with Crippen LogP contribution < -0.4 is 5.32 Å². The average Bonchev–Trinajstić information content (AvgIpc) is 2.56. The van der Waals surface area contributed by atoms with Gasteiger partial charge in [0.1, 0.15) is 6.29 Å². The molecule has 7 heteroatoms. The van der Waals surface area contributed by atoms with Crippen molar-refractivity contribution in [3.05, 3.63) is 59.7 Å². The van der Waals surface area contributed by atoms with E-state index in [-0.39, 0.29) is 5.75 Å². The zero-order valence-corrected chi connectivity index (χ0v) is 15.2. The Labute approximate surface area is 147 Å². The molecule has 2 N–H and O–H groups in total. The SMILES string of the molecule is CNc1ccc(SCCS(=O)(=O)O)cc1.Cc1ccc(C=O)cc1. The van der Waals surface area contributed by atoms with Crippen molar-refractivity contribution in [2.75, 3.05) is 23.9 Å². The lowest BCUT2D eigenvalue weighted by Crippen LogP contribution is -2.05. The number of anilines is 1. The highest BCUT2D eigenvalue weighted by Crippen LogP contribution is 2.20. The molecule has 0 saturated heterocycles. The number of aryl methyl sites for hydroxylation is 1.